The molecule has 0 bridgehead atoms. The number of nitrogens with zero attached hydrogens (tertiary/aromatic N) is 4. The molecule has 2 aromatic heterocycles. The van der Waals surface area contributed by atoms with Gasteiger partial charge in [0.2, 0.25) is 5.95 Å². The first-order valence-corrected chi connectivity index (χ1v) is 16.0. The number of hydrogen-bond acceptors (Lipinski definition) is 10. The van der Waals surface area contributed by atoms with Crippen LogP contribution < -0.4 is 10.6 Å². The van der Waals surface area contributed by atoms with E-state index in [0.29, 0.717) is 29.7 Å². The monoisotopic (exact) mass is 624 g/mol. The van der Waals surface area contributed by atoms with Crippen LogP contribution in [0, 0.1) is 5.82 Å². The Morgan fingerprint density at radius 3 is 2.45 bits per heavy atom. The standard InChI is InChI=1S/C28H38ClFN6O5S/c1-13(2)36-19-8-15(7-18(30)23(19)33-25(36)27(5,6)39)22-17(29)12-31-26(34-22)35-28(11-20(37)24(28)38)10-16-9-21(32-16)42(40,41)14(3)4/h7-8,12-14,16,20-21,24,32,37-39H,9-11H2,1-6H3,(H,31,34,35)/t16-,20-,21?,24-,28-/m1/s1. The van der Waals surface area contributed by atoms with Crippen molar-refractivity contribution in [2.24, 2.45) is 0 Å². The molecule has 1 aliphatic heterocycles. The Morgan fingerprint density at radius 1 is 1.24 bits per heavy atom. The topological polar surface area (TPSA) is 162 Å². The SMILES string of the molecule is CC(C)n1c(C(C)(C)O)nc2c(F)cc(-c3nc(N[C@]4(C[C@H]5CC(S(=O)(=O)C(C)C)N5)C[C@@H](O)[C@H]4O)ncc3Cl)cc21. The van der Waals surface area contributed by atoms with E-state index in [1.807, 2.05) is 13.8 Å². The second kappa shape index (κ2) is 10.6. The summed E-state index contributed by atoms with van der Waals surface area (Å²) in [4.78, 5) is 13.2. The van der Waals surface area contributed by atoms with Crippen molar-refractivity contribution in [2.45, 2.75) is 107 Å². The molecule has 1 saturated heterocycles. The summed E-state index contributed by atoms with van der Waals surface area (Å²) in [6.45, 7) is 10.3. The van der Waals surface area contributed by atoms with Crippen LogP contribution in [0.15, 0.2) is 18.3 Å². The number of benzene rings is 1. The zero-order valence-corrected chi connectivity index (χ0v) is 26.0. The number of halogens is 2. The minimum absolute atomic E-state index is 0.112. The highest BCUT2D eigenvalue weighted by Crippen LogP contribution is 2.42. The molecule has 0 radical (unpaired) electrons. The zero-order chi connectivity index (χ0) is 30.9. The van der Waals surface area contributed by atoms with E-state index >= 15 is 4.39 Å². The van der Waals surface area contributed by atoms with Gasteiger partial charge >= 0.3 is 0 Å². The van der Waals surface area contributed by atoms with Crippen molar-refractivity contribution < 1.29 is 28.1 Å². The summed E-state index contributed by atoms with van der Waals surface area (Å²) in [5.74, 6) is -0.166. The fourth-order valence-electron chi connectivity index (χ4n) is 5.93. The van der Waals surface area contributed by atoms with E-state index in [1.54, 1.807) is 38.3 Å². The number of rotatable bonds is 9. The first-order valence-electron chi connectivity index (χ1n) is 14.0. The number of sulfone groups is 1. The van der Waals surface area contributed by atoms with Gasteiger partial charge in [-0.15, -0.1) is 0 Å². The third-order valence-electron chi connectivity index (χ3n) is 8.28. The largest absolute Gasteiger partial charge is 0.390 e. The van der Waals surface area contributed by atoms with Crippen LogP contribution in [-0.2, 0) is 15.4 Å². The fourth-order valence-corrected chi connectivity index (χ4v) is 7.67. The molecule has 1 saturated carbocycles. The Morgan fingerprint density at radius 2 is 1.90 bits per heavy atom. The highest BCUT2D eigenvalue weighted by Gasteiger charge is 2.56. The molecular weight excluding hydrogens is 587 g/mol. The number of aromatic nitrogens is 4. The maximum Gasteiger partial charge on any atom is 0.223 e. The first kappa shape index (κ1) is 31.0. The molecule has 3 aromatic rings. The van der Waals surface area contributed by atoms with Gasteiger partial charge in [-0.3, -0.25) is 5.32 Å². The molecule has 2 aliphatic rings. The predicted molar refractivity (Wildman–Crippen MR) is 158 cm³/mol. The summed E-state index contributed by atoms with van der Waals surface area (Å²) in [7, 11) is -3.31. The summed E-state index contributed by atoms with van der Waals surface area (Å²) in [5, 5.41) is 36.9. The molecule has 5 rings (SSSR count). The molecule has 5 N–H and O–H groups in total. The van der Waals surface area contributed by atoms with Gasteiger partial charge in [0.1, 0.15) is 28.4 Å². The van der Waals surface area contributed by atoms with Crippen LogP contribution in [0.3, 0.4) is 0 Å². The van der Waals surface area contributed by atoms with Gasteiger partial charge in [0, 0.05) is 24.1 Å². The normalized spacial score (nSPS) is 26.5. The lowest BCUT2D eigenvalue weighted by Gasteiger charge is -2.54. The van der Waals surface area contributed by atoms with Crippen molar-refractivity contribution >= 4 is 38.4 Å². The van der Waals surface area contributed by atoms with Crippen molar-refractivity contribution in [3.8, 4) is 11.3 Å². The lowest BCUT2D eigenvalue weighted by molar-refractivity contribution is -0.115. The van der Waals surface area contributed by atoms with Crippen molar-refractivity contribution in [3.63, 3.8) is 0 Å². The predicted octanol–water partition coefficient (Wildman–Crippen LogP) is 3.27. The summed E-state index contributed by atoms with van der Waals surface area (Å²) in [5.41, 5.74) is -1.13. The van der Waals surface area contributed by atoms with E-state index in [9.17, 15) is 23.7 Å². The van der Waals surface area contributed by atoms with Gasteiger partial charge in [-0.1, -0.05) is 11.6 Å². The van der Waals surface area contributed by atoms with Gasteiger partial charge in [0.25, 0.3) is 0 Å². The lowest BCUT2D eigenvalue weighted by Crippen LogP contribution is -2.70. The van der Waals surface area contributed by atoms with E-state index in [0.717, 1.165) is 0 Å². The summed E-state index contributed by atoms with van der Waals surface area (Å²) in [6, 6.07) is 2.65. The Balaban J connectivity index is 1.46. The van der Waals surface area contributed by atoms with Crippen molar-refractivity contribution in [2.75, 3.05) is 5.32 Å². The average molecular weight is 625 g/mol. The highest BCUT2D eigenvalue weighted by molar-refractivity contribution is 7.92. The number of aliphatic hydroxyl groups is 3. The quantitative estimate of drug-likeness (QED) is 0.239. The number of imidazole rings is 1. The van der Waals surface area contributed by atoms with E-state index in [-0.39, 0.29) is 40.7 Å². The molecule has 3 heterocycles. The summed E-state index contributed by atoms with van der Waals surface area (Å²) >= 11 is 6.49. The first-order chi connectivity index (χ1) is 19.4. The van der Waals surface area contributed by atoms with Crippen LogP contribution in [0.5, 0.6) is 0 Å². The van der Waals surface area contributed by atoms with Crippen LogP contribution in [0.4, 0.5) is 10.3 Å². The second-order valence-corrected chi connectivity index (χ2v) is 15.7. The van der Waals surface area contributed by atoms with Gasteiger partial charge in [0.15, 0.2) is 15.7 Å². The Kier molecular flexibility index (Phi) is 7.85. The average Bonchev–Trinajstić information content (AvgIpc) is 3.27. The van der Waals surface area contributed by atoms with Gasteiger partial charge in [-0.05, 0) is 66.5 Å². The smallest absolute Gasteiger partial charge is 0.223 e. The van der Waals surface area contributed by atoms with Gasteiger partial charge in [0.05, 0.1) is 39.3 Å². The molecule has 5 atom stereocenters. The molecule has 2 fully saturated rings. The van der Waals surface area contributed by atoms with Crippen LogP contribution in [0.1, 0.15) is 72.7 Å². The van der Waals surface area contributed by atoms with Crippen LogP contribution in [0.25, 0.3) is 22.3 Å². The summed E-state index contributed by atoms with van der Waals surface area (Å²) < 4.78 is 42.2. The maximum atomic E-state index is 15.4. The third-order valence-corrected chi connectivity index (χ3v) is 11.0. The van der Waals surface area contributed by atoms with E-state index in [4.69, 9.17) is 11.6 Å². The number of aliphatic hydroxyl groups excluding tert-OH is 2. The van der Waals surface area contributed by atoms with E-state index in [1.165, 1.54) is 12.3 Å². The third kappa shape index (κ3) is 5.28. The van der Waals surface area contributed by atoms with E-state index < -0.39 is 49.6 Å². The number of fused-ring (bicyclic) bond motifs is 1. The molecule has 1 unspecified atom stereocenters. The highest BCUT2D eigenvalue weighted by atomic mass is 35.5. The van der Waals surface area contributed by atoms with Gasteiger partial charge < -0.3 is 25.2 Å². The molecule has 42 heavy (non-hydrogen) atoms. The molecule has 0 spiro atoms. The maximum absolute atomic E-state index is 15.4. The van der Waals surface area contributed by atoms with Crippen molar-refractivity contribution in [1.29, 1.82) is 0 Å². The zero-order valence-electron chi connectivity index (χ0n) is 24.4. The number of hydrogen-bond donors (Lipinski definition) is 5. The minimum atomic E-state index is -3.31. The van der Waals surface area contributed by atoms with Crippen molar-refractivity contribution in [3.05, 3.63) is 35.0 Å². The minimum Gasteiger partial charge on any atom is -0.390 e. The molecule has 1 aromatic carbocycles. The number of anilines is 1. The molecule has 1 aliphatic carbocycles. The molecule has 14 heteroatoms. The molecule has 0 amide bonds. The Labute approximate surface area is 249 Å². The Bertz CT molecular complexity index is 1620. The number of nitrogens with one attached hydrogen (secondary N) is 2. The molecular formula is C28H38ClFN6O5S. The van der Waals surface area contributed by atoms with Crippen LogP contribution >= 0.6 is 11.6 Å². The molecule has 11 nitrogen and oxygen atoms in total. The second-order valence-electron chi connectivity index (χ2n) is 12.6. The lowest BCUT2D eigenvalue weighted by atomic mass is 9.67. The van der Waals surface area contributed by atoms with E-state index in [2.05, 4.69) is 25.6 Å². The summed E-state index contributed by atoms with van der Waals surface area (Å²) in [6.07, 6.45) is 0.176. The molecule has 230 valence electrons. The fraction of sp³-hybridized carbons (Fsp3) is 0.607. The van der Waals surface area contributed by atoms with Gasteiger partial charge in [-0.25, -0.2) is 27.8 Å². The van der Waals surface area contributed by atoms with Crippen LogP contribution in [-0.4, -0.2) is 77.7 Å². The Hall–Kier alpha value is -2.42. The van der Waals surface area contributed by atoms with Crippen LogP contribution in [0.2, 0.25) is 5.02 Å². The van der Waals surface area contributed by atoms with Crippen molar-refractivity contribution in [1.82, 2.24) is 24.8 Å². The van der Waals surface area contributed by atoms with Gasteiger partial charge in [-0.2, -0.15) is 0 Å².